The van der Waals surface area contributed by atoms with E-state index < -0.39 is 12.1 Å². The molecule has 3 amide bonds. The summed E-state index contributed by atoms with van der Waals surface area (Å²) in [5.41, 5.74) is 5.54. The van der Waals surface area contributed by atoms with Crippen LogP contribution in [0.2, 0.25) is 0 Å². The number of hydrazine groups is 1. The minimum atomic E-state index is -0.958. The third-order valence-corrected chi connectivity index (χ3v) is 6.96. The average Bonchev–Trinajstić information content (AvgIpc) is 2.94. The largest absolute Gasteiger partial charge is 0.390 e. The molecule has 0 fully saturated rings. The van der Waals surface area contributed by atoms with E-state index in [-0.39, 0.29) is 51.3 Å². The van der Waals surface area contributed by atoms with Gasteiger partial charge in [0, 0.05) is 43.7 Å². The van der Waals surface area contributed by atoms with Crippen LogP contribution in [-0.2, 0) is 11.2 Å². The van der Waals surface area contributed by atoms with Crippen LogP contribution in [0.15, 0.2) is 48.5 Å². The number of nitrogens with zero attached hydrogens (tertiary/aromatic N) is 2. The maximum Gasteiger partial charge on any atom is 0.253 e. The lowest BCUT2D eigenvalue weighted by Gasteiger charge is -2.30. The number of aliphatic hydroxyl groups excluding tert-OH is 1. The molecule has 0 saturated heterocycles. The third kappa shape index (κ3) is 14.2. The Morgan fingerprint density at radius 1 is 0.907 bits per heavy atom. The standard InChI is InChI=1S/C33H50N4O4.2H2S/c1-7-17-36(18-8-2)33(41)28-20-25(6)19-27(22-28)32(40)34-29(21-26-13-11-10-12-14-26)30(38)23-37(9-3)35-31(39)16-15-24(4)5;;/h10-14,19-20,22,24,29-30,38H,7-9,15-18,21,23H2,1-6H3,(H,34,40)(H,35,39);2*1H2/t29-,30-;;/m0../s1. The van der Waals surface area contributed by atoms with Gasteiger partial charge in [-0.25, -0.2) is 5.01 Å². The van der Waals surface area contributed by atoms with E-state index >= 15 is 0 Å². The van der Waals surface area contributed by atoms with Crippen LogP contribution in [0.3, 0.4) is 0 Å². The van der Waals surface area contributed by atoms with E-state index in [4.69, 9.17) is 0 Å². The van der Waals surface area contributed by atoms with Crippen LogP contribution >= 0.6 is 27.0 Å². The molecule has 0 spiro atoms. The number of carbonyl (C=O) groups excluding carboxylic acids is 3. The Hall–Kier alpha value is -2.53. The summed E-state index contributed by atoms with van der Waals surface area (Å²) in [4.78, 5) is 41.1. The Balaban J connectivity index is 0.00000882. The van der Waals surface area contributed by atoms with Gasteiger partial charge in [-0.2, -0.15) is 27.0 Å². The van der Waals surface area contributed by atoms with Crippen LogP contribution in [0.25, 0.3) is 0 Å². The van der Waals surface area contributed by atoms with Gasteiger partial charge in [0.05, 0.1) is 12.1 Å². The molecule has 2 aromatic carbocycles. The van der Waals surface area contributed by atoms with E-state index in [1.165, 1.54) is 0 Å². The molecule has 0 radical (unpaired) electrons. The van der Waals surface area contributed by atoms with Crippen LogP contribution < -0.4 is 10.7 Å². The van der Waals surface area contributed by atoms with Gasteiger partial charge < -0.3 is 15.3 Å². The first-order chi connectivity index (χ1) is 19.6. The highest BCUT2D eigenvalue weighted by Crippen LogP contribution is 2.15. The Labute approximate surface area is 272 Å². The monoisotopic (exact) mass is 634 g/mol. The highest BCUT2D eigenvalue weighted by molar-refractivity contribution is 7.59. The fourth-order valence-corrected chi connectivity index (χ4v) is 4.74. The molecule has 43 heavy (non-hydrogen) atoms. The van der Waals surface area contributed by atoms with Crippen molar-refractivity contribution in [3.8, 4) is 0 Å². The number of aliphatic hydroxyl groups is 1. The summed E-state index contributed by atoms with van der Waals surface area (Å²) in [7, 11) is 0. The molecule has 0 aliphatic rings. The summed E-state index contributed by atoms with van der Waals surface area (Å²) in [6.45, 7) is 14.0. The van der Waals surface area contributed by atoms with Gasteiger partial charge in [0.1, 0.15) is 0 Å². The lowest BCUT2D eigenvalue weighted by Crippen LogP contribution is -2.53. The van der Waals surface area contributed by atoms with Crippen molar-refractivity contribution < 1.29 is 19.5 Å². The SMILES string of the molecule is CCCN(CCC)C(=O)c1cc(C)cc(C(=O)N[C@@H](Cc2ccccc2)[C@@H](O)CN(CC)NC(=O)CCC(C)C)c1.S.S. The molecule has 242 valence electrons. The zero-order valence-electron chi connectivity index (χ0n) is 26.8. The van der Waals surface area contributed by atoms with Gasteiger partial charge in [0.2, 0.25) is 5.91 Å². The number of hydrogen-bond acceptors (Lipinski definition) is 5. The highest BCUT2D eigenvalue weighted by Gasteiger charge is 2.26. The van der Waals surface area contributed by atoms with Crippen LogP contribution in [0.1, 0.15) is 92.1 Å². The number of benzene rings is 2. The number of nitrogens with one attached hydrogen (secondary N) is 2. The summed E-state index contributed by atoms with van der Waals surface area (Å²) in [5.74, 6) is -0.109. The summed E-state index contributed by atoms with van der Waals surface area (Å²) in [6, 6.07) is 14.3. The molecule has 0 saturated carbocycles. The highest BCUT2D eigenvalue weighted by atomic mass is 32.1. The molecule has 0 aliphatic carbocycles. The predicted molar refractivity (Wildman–Crippen MR) is 185 cm³/mol. The van der Waals surface area contributed by atoms with Crippen molar-refractivity contribution in [1.29, 1.82) is 0 Å². The molecule has 2 atom stereocenters. The van der Waals surface area contributed by atoms with Crippen molar-refractivity contribution in [1.82, 2.24) is 20.7 Å². The first-order valence-electron chi connectivity index (χ1n) is 15.1. The van der Waals surface area contributed by atoms with Gasteiger partial charge in [-0.1, -0.05) is 65.0 Å². The van der Waals surface area contributed by atoms with Crippen LogP contribution in [0, 0.1) is 12.8 Å². The second kappa shape index (κ2) is 21.2. The Morgan fingerprint density at radius 3 is 2.07 bits per heavy atom. The molecule has 0 aromatic heterocycles. The van der Waals surface area contributed by atoms with E-state index in [0.29, 0.717) is 49.5 Å². The van der Waals surface area contributed by atoms with Gasteiger partial charge in [0.15, 0.2) is 0 Å². The first-order valence-corrected chi connectivity index (χ1v) is 15.1. The van der Waals surface area contributed by atoms with Crippen molar-refractivity contribution in [3.05, 3.63) is 70.8 Å². The van der Waals surface area contributed by atoms with Crippen LogP contribution in [0.5, 0.6) is 0 Å². The van der Waals surface area contributed by atoms with E-state index in [0.717, 1.165) is 30.4 Å². The second-order valence-electron chi connectivity index (χ2n) is 11.2. The average molecular weight is 635 g/mol. The maximum atomic E-state index is 13.5. The number of carbonyl (C=O) groups is 3. The molecular weight excluding hydrogens is 581 g/mol. The number of likely N-dealkylation sites (N-methyl/N-ethyl adjacent to an activating group) is 1. The molecule has 2 rings (SSSR count). The van der Waals surface area contributed by atoms with Crippen molar-refractivity contribution >= 4 is 44.7 Å². The van der Waals surface area contributed by atoms with Crippen molar-refractivity contribution in [2.75, 3.05) is 26.2 Å². The van der Waals surface area contributed by atoms with E-state index in [1.54, 1.807) is 17.1 Å². The molecule has 3 N–H and O–H groups in total. The minimum Gasteiger partial charge on any atom is -0.390 e. The molecule has 0 heterocycles. The number of aryl methyl sites for hydroxylation is 1. The lowest BCUT2D eigenvalue weighted by molar-refractivity contribution is -0.126. The molecule has 0 aliphatic heterocycles. The van der Waals surface area contributed by atoms with Crippen LogP contribution in [0.4, 0.5) is 0 Å². The summed E-state index contributed by atoms with van der Waals surface area (Å²) < 4.78 is 0. The Bertz CT molecular complexity index is 1110. The smallest absolute Gasteiger partial charge is 0.253 e. The van der Waals surface area contributed by atoms with Crippen molar-refractivity contribution in [2.24, 2.45) is 5.92 Å². The molecule has 0 unspecified atom stereocenters. The van der Waals surface area contributed by atoms with E-state index in [2.05, 4.69) is 24.6 Å². The van der Waals surface area contributed by atoms with Gasteiger partial charge >= 0.3 is 0 Å². The van der Waals surface area contributed by atoms with Gasteiger partial charge in [-0.05, 0) is 67.9 Å². The van der Waals surface area contributed by atoms with Gasteiger partial charge in [-0.15, -0.1) is 0 Å². The number of hydrogen-bond donors (Lipinski definition) is 3. The summed E-state index contributed by atoms with van der Waals surface area (Å²) in [6.07, 6.45) is 2.36. The van der Waals surface area contributed by atoms with Gasteiger partial charge in [0.25, 0.3) is 11.8 Å². The number of amides is 3. The Kier molecular flexibility index (Phi) is 20.0. The summed E-state index contributed by atoms with van der Waals surface area (Å²) >= 11 is 0. The van der Waals surface area contributed by atoms with Crippen molar-refractivity contribution in [2.45, 2.75) is 85.8 Å². The maximum absolute atomic E-state index is 13.5. The Morgan fingerprint density at radius 2 is 1.51 bits per heavy atom. The molecule has 10 heteroatoms. The lowest BCUT2D eigenvalue weighted by atomic mass is 9.99. The normalized spacial score (nSPS) is 12.1. The van der Waals surface area contributed by atoms with Gasteiger partial charge in [-0.3, -0.25) is 19.8 Å². The van der Waals surface area contributed by atoms with E-state index in [9.17, 15) is 19.5 Å². The second-order valence-corrected chi connectivity index (χ2v) is 11.2. The molecular formula is C33H54N4O4S2. The third-order valence-electron chi connectivity index (χ3n) is 6.96. The fraction of sp³-hybridized carbons (Fsp3) is 0.545. The fourth-order valence-electron chi connectivity index (χ4n) is 4.74. The predicted octanol–water partition coefficient (Wildman–Crippen LogP) is 4.97. The topological polar surface area (TPSA) is 102 Å². The first kappa shape index (κ1) is 40.5. The summed E-state index contributed by atoms with van der Waals surface area (Å²) in [5, 5.41) is 16.0. The van der Waals surface area contributed by atoms with Crippen LogP contribution in [-0.4, -0.2) is 71.1 Å². The molecule has 2 aromatic rings. The minimum absolute atomic E-state index is 0. The zero-order valence-corrected chi connectivity index (χ0v) is 28.8. The quantitative estimate of drug-likeness (QED) is 0.213. The molecule has 0 bridgehead atoms. The molecule has 8 nitrogen and oxygen atoms in total. The van der Waals surface area contributed by atoms with Crippen molar-refractivity contribution in [3.63, 3.8) is 0 Å². The number of rotatable bonds is 17. The zero-order chi connectivity index (χ0) is 30.4. The van der Waals surface area contributed by atoms with E-state index in [1.807, 2.05) is 69.0 Å².